The van der Waals surface area contributed by atoms with Gasteiger partial charge in [0, 0.05) is 5.02 Å². The Kier molecular flexibility index (Phi) is 7.94. The lowest BCUT2D eigenvalue weighted by Crippen LogP contribution is -2.31. The van der Waals surface area contributed by atoms with Crippen molar-refractivity contribution in [1.82, 2.24) is 5.32 Å². The van der Waals surface area contributed by atoms with Gasteiger partial charge in [-0.3, -0.25) is 9.10 Å². The van der Waals surface area contributed by atoms with E-state index in [4.69, 9.17) is 16.3 Å². The molecule has 1 N–H and O–H groups in total. The van der Waals surface area contributed by atoms with E-state index in [-0.39, 0.29) is 30.9 Å². The number of amides is 1. The zero-order chi connectivity index (χ0) is 24.0. The monoisotopic (exact) mass is 490 g/mol. The van der Waals surface area contributed by atoms with Crippen molar-refractivity contribution in [3.63, 3.8) is 0 Å². The molecule has 3 aromatic rings. The number of carbonyl (C=O) groups excluding carboxylic acids is 1. The minimum absolute atomic E-state index is 0.153. The van der Waals surface area contributed by atoms with Gasteiger partial charge in [0.1, 0.15) is 11.6 Å². The molecule has 0 saturated heterocycles. The maximum atomic E-state index is 13.0. The van der Waals surface area contributed by atoms with Crippen molar-refractivity contribution < 1.29 is 22.3 Å². The van der Waals surface area contributed by atoms with Gasteiger partial charge in [-0.05, 0) is 66.6 Å². The number of nitrogens with zero attached hydrogens (tertiary/aromatic N) is 1. The topological polar surface area (TPSA) is 75.7 Å². The molecule has 33 heavy (non-hydrogen) atoms. The third kappa shape index (κ3) is 7.20. The summed E-state index contributed by atoms with van der Waals surface area (Å²) in [5, 5.41) is 3.35. The maximum Gasteiger partial charge on any atom is 0.258 e. The number of anilines is 1. The van der Waals surface area contributed by atoms with Crippen molar-refractivity contribution in [3.05, 3.63) is 94.8 Å². The lowest BCUT2D eigenvalue weighted by molar-refractivity contribution is -0.123. The number of halogens is 2. The van der Waals surface area contributed by atoms with Crippen molar-refractivity contribution in [2.45, 2.75) is 19.5 Å². The first-order chi connectivity index (χ1) is 15.6. The Hall–Kier alpha value is -3.10. The van der Waals surface area contributed by atoms with Crippen LogP contribution >= 0.6 is 11.6 Å². The molecule has 0 bridgehead atoms. The van der Waals surface area contributed by atoms with Gasteiger partial charge < -0.3 is 10.1 Å². The molecule has 0 aromatic heterocycles. The molecule has 0 saturated carbocycles. The fourth-order valence-electron chi connectivity index (χ4n) is 3.13. The van der Waals surface area contributed by atoms with E-state index < -0.39 is 10.0 Å². The van der Waals surface area contributed by atoms with Gasteiger partial charge in [0.2, 0.25) is 10.0 Å². The van der Waals surface area contributed by atoms with E-state index in [0.29, 0.717) is 16.5 Å². The molecule has 0 aliphatic carbocycles. The second-order valence-corrected chi connectivity index (χ2v) is 9.86. The molecular weight excluding hydrogens is 467 g/mol. The van der Waals surface area contributed by atoms with Crippen molar-refractivity contribution in [2.24, 2.45) is 0 Å². The number of rotatable bonds is 9. The Morgan fingerprint density at radius 2 is 1.64 bits per heavy atom. The molecule has 1 amide bonds. The maximum absolute atomic E-state index is 13.0. The number of hydrogen-bond donors (Lipinski definition) is 1. The van der Waals surface area contributed by atoms with Crippen LogP contribution in [0.1, 0.15) is 24.1 Å². The molecule has 3 aromatic carbocycles. The van der Waals surface area contributed by atoms with E-state index in [0.717, 1.165) is 17.4 Å². The SMILES string of the molecule is C[C@H](NC(=O)COc1ccc(N(Cc2ccc(Cl)cc2)S(C)(=O)=O)cc1)c1ccc(F)cc1. The van der Waals surface area contributed by atoms with Crippen molar-refractivity contribution in [2.75, 3.05) is 17.2 Å². The fourth-order valence-corrected chi connectivity index (χ4v) is 4.15. The summed E-state index contributed by atoms with van der Waals surface area (Å²) in [7, 11) is -3.54. The van der Waals surface area contributed by atoms with Crippen LogP contribution in [0.2, 0.25) is 5.02 Å². The Bertz CT molecular complexity index is 1180. The third-order valence-electron chi connectivity index (χ3n) is 4.88. The van der Waals surface area contributed by atoms with E-state index in [2.05, 4.69) is 5.32 Å². The van der Waals surface area contributed by atoms with Gasteiger partial charge in [0.05, 0.1) is 24.5 Å². The molecule has 0 heterocycles. The summed E-state index contributed by atoms with van der Waals surface area (Å²) in [6.07, 6.45) is 1.14. The highest BCUT2D eigenvalue weighted by Gasteiger charge is 2.18. The molecular formula is C24H24ClFN2O4S. The van der Waals surface area contributed by atoms with Gasteiger partial charge in [-0.25, -0.2) is 12.8 Å². The number of ether oxygens (including phenoxy) is 1. The molecule has 9 heteroatoms. The second kappa shape index (κ2) is 10.7. The van der Waals surface area contributed by atoms with E-state index >= 15 is 0 Å². The molecule has 0 aliphatic rings. The first kappa shape index (κ1) is 24.5. The Labute approximate surface area is 198 Å². The average molecular weight is 491 g/mol. The lowest BCUT2D eigenvalue weighted by Gasteiger charge is -2.23. The van der Waals surface area contributed by atoms with Crippen LogP contribution < -0.4 is 14.4 Å². The van der Waals surface area contributed by atoms with Gasteiger partial charge in [-0.2, -0.15) is 0 Å². The standard InChI is InChI=1S/C24H24ClFN2O4S/c1-17(19-5-9-21(26)10-6-19)27-24(29)16-32-23-13-11-22(12-14-23)28(33(2,30)31)15-18-3-7-20(25)8-4-18/h3-14,17H,15-16H2,1-2H3,(H,27,29)/t17-/m0/s1. The number of hydrogen-bond acceptors (Lipinski definition) is 4. The molecule has 6 nitrogen and oxygen atoms in total. The first-order valence-electron chi connectivity index (χ1n) is 10.1. The Morgan fingerprint density at radius 1 is 1.03 bits per heavy atom. The van der Waals surface area contributed by atoms with Crippen LogP contribution in [0.15, 0.2) is 72.8 Å². The van der Waals surface area contributed by atoms with Crippen LogP contribution in [0, 0.1) is 5.82 Å². The highest BCUT2D eigenvalue weighted by molar-refractivity contribution is 7.92. The number of sulfonamides is 1. The van der Waals surface area contributed by atoms with E-state index in [9.17, 15) is 17.6 Å². The summed E-state index contributed by atoms with van der Waals surface area (Å²) in [5.41, 5.74) is 2.03. The summed E-state index contributed by atoms with van der Waals surface area (Å²) >= 11 is 5.90. The molecule has 1 atom stereocenters. The van der Waals surface area contributed by atoms with Crippen LogP contribution in [0.25, 0.3) is 0 Å². The summed E-state index contributed by atoms with van der Waals surface area (Å²) < 4.78 is 44.5. The average Bonchev–Trinajstić information content (AvgIpc) is 2.77. The summed E-state index contributed by atoms with van der Waals surface area (Å²) in [4.78, 5) is 12.2. The predicted molar refractivity (Wildman–Crippen MR) is 127 cm³/mol. The van der Waals surface area contributed by atoms with Gasteiger partial charge >= 0.3 is 0 Å². The molecule has 174 valence electrons. The number of benzene rings is 3. The van der Waals surface area contributed by atoms with E-state index in [1.807, 2.05) is 0 Å². The van der Waals surface area contributed by atoms with Crippen LogP contribution in [-0.2, 0) is 21.4 Å². The van der Waals surface area contributed by atoms with Crippen molar-refractivity contribution >= 4 is 33.2 Å². The molecule has 0 fully saturated rings. The zero-order valence-electron chi connectivity index (χ0n) is 18.2. The van der Waals surface area contributed by atoms with Gasteiger partial charge in [-0.15, -0.1) is 0 Å². The molecule has 0 aliphatic heterocycles. The van der Waals surface area contributed by atoms with Gasteiger partial charge in [0.25, 0.3) is 5.91 Å². The van der Waals surface area contributed by atoms with Crippen LogP contribution in [0.5, 0.6) is 5.75 Å². The van der Waals surface area contributed by atoms with E-state index in [1.54, 1.807) is 67.6 Å². The van der Waals surface area contributed by atoms with Crippen LogP contribution in [-0.4, -0.2) is 27.2 Å². The van der Waals surface area contributed by atoms with Crippen LogP contribution in [0.4, 0.5) is 10.1 Å². The number of carbonyl (C=O) groups is 1. The fraction of sp³-hybridized carbons (Fsp3) is 0.208. The quantitative estimate of drug-likeness (QED) is 0.471. The molecule has 0 unspecified atom stereocenters. The molecule has 0 radical (unpaired) electrons. The first-order valence-corrected chi connectivity index (χ1v) is 12.3. The number of nitrogens with one attached hydrogen (secondary N) is 1. The summed E-state index contributed by atoms with van der Waals surface area (Å²) in [6, 6.07) is 19.0. The van der Waals surface area contributed by atoms with Crippen molar-refractivity contribution in [1.29, 1.82) is 0 Å². The highest BCUT2D eigenvalue weighted by atomic mass is 35.5. The largest absolute Gasteiger partial charge is 0.484 e. The van der Waals surface area contributed by atoms with Gasteiger partial charge in [-0.1, -0.05) is 35.9 Å². The summed E-state index contributed by atoms with van der Waals surface area (Å²) in [5.74, 6) is -0.258. The third-order valence-corrected chi connectivity index (χ3v) is 6.27. The summed E-state index contributed by atoms with van der Waals surface area (Å²) in [6.45, 7) is 1.73. The van der Waals surface area contributed by atoms with Gasteiger partial charge in [0.15, 0.2) is 6.61 Å². The zero-order valence-corrected chi connectivity index (χ0v) is 19.7. The minimum Gasteiger partial charge on any atom is -0.484 e. The molecule has 3 rings (SSSR count). The molecule has 0 spiro atoms. The Morgan fingerprint density at radius 3 is 2.21 bits per heavy atom. The lowest BCUT2D eigenvalue weighted by atomic mass is 10.1. The second-order valence-electron chi connectivity index (χ2n) is 7.52. The Balaban J connectivity index is 1.60. The minimum atomic E-state index is -3.54. The highest BCUT2D eigenvalue weighted by Crippen LogP contribution is 2.24. The van der Waals surface area contributed by atoms with Crippen LogP contribution in [0.3, 0.4) is 0 Å². The van der Waals surface area contributed by atoms with Crippen molar-refractivity contribution in [3.8, 4) is 5.75 Å². The smallest absolute Gasteiger partial charge is 0.258 e. The van der Waals surface area contributed by atoms with E-state index in [1.165, 1.54) is 16.4 Å². The normalized spacial score (nSPS) is 12.1. The predicted octanol–water partition coefficient (Wildman–Crippen LogP) is 4.70.